The van der Waals surface area contributed by atoms with E-state index in [1.807, 2.05) is 0 Å². The molecule has 0 aromatic heterocycles. The van der Waals surface area contributed by atoms with Gasteiger partial charge in [0.1, 0.15) is 0 Å². The summed E-state index contributed by atoms with van der Waals surface area (Å²) in [6, 6.07) is 13.3. The van der Waals surface area contributed by atoms with Crippen LogP contribution in [0.5, 0.6) is 0 Å². The summed E-state index contributed by atoms with van der Waals surface area (Å²) in [5, 5.41) is 3.14. The minimum atomic E-state index is -3.63. The molecule has 30 heavy (non-hydrogen) atoms. The van der Waals surface area contributed by atoms with Gasteiger partial charge in [0.15, 0.2) is 0 Å². The molecular weight excluding hydrogens is 428 g/mol. The van der Waals surface area contributed by atoms with E-state index in [0.717, 1.165) is 0 Å². The van der Waals surface area contributed by atoms with Crippen LogP contribution in [0.4, 0.5) is 5.69 Å². The van der Waals surface area contributed by atoms with Crippen LogP contribution in [0.3, 0.4) is 0 Å². The molecule has 1 unspecified atom stereocenters. The third kappa shape index (κ3) is 5.19. The molecule has 0 bridgehead atoms. The smallest absolute Gasteiger partial charge is 0.339 e. The van der Waals surface area contributed by atoms with Crippen LogP contribution < -0.4 is 5.32 Å². The number of nitrogens with zero attached hydrogens (tertiary/aromatic N) is 1. The summed E-state index contributed by atoms with van der Waals surface area (Å²) < 4.78 is 31.9. The van der Waals surface area contributed by atoms with Crippen LogP contribution in [0.2, 0.25) is 5.02 Å². The molecule has 3 rings (SSSR count). The number of hydrogen-bond donors (Lipinski definition) is 1. The summed E-state index contributed by atoms with van der Waals surface area (Å²) in [6.07, 6.45) is 1.13. The number of para-hydroxylation sites is 1. The van der Waals surface area contributed by atoms with Gasteiger partial charge in [0.2, 0.25) is 15.9 Å². The van der Waals surface area contributed by atoms with Crippen molar-refractivity contribution >= 4 is 39.2 Å². The zero-order chi connectivity index (χ0) is 21.7. The monoisotopic (exact) mass is 450 g/mol. The third-order valence-electron chi connectivity index (χ3n) is 5.03. The minimum absolute atomic E-state index is 0.0824. The highest BCUT2D eigenvalue weighted by Crippen LogP contribution is 2.25. The van der Waals surface area contributed by atoms with Crippen LogP contribution in [0, 0.1) is 5.92 Å². The Bertz CT molecular complexity index is 1040. The highest BCUT2D eigenvalue weighted by Gasteiger charge is 2.33. The van der Waals surface area contributed by atoms with E-state index >= 15 is 0 Å². The van der Waals surface area contributed by atoms with Crippen molar-refractivity contribution in [2.24, 2.45) is 5.92 Å². The molecule has 1 aliphatic rings. The summed E-state index contributed by atoms with van der Waals surface area (Å²) in [4.78, 5) is 24.7. The van der Waals surface area contributed by atoms with Crippen LogP contribution >= 0.6 is 11.6 Å². The Hall–Kier alpha value is -2.42. The number of methoxy groups -OCH3 is 1. The normalized spacial score (nSPS) is 17.3. The molecule has 7 nitrogen and oxygen atoms in total. The second-order valence-corrected chi connectivity index (χ2v) is 9.45. The number of anilines is 1. The van der Waals surface area contributed by atoms with Crippen molar-refractivity contribution in [3.05, 3.63) is 64.7 Å². The fourth-order valence-corrected chi connectivity index (χ4v) is 5.35. The number of nitrogens with one attached hydrogen (secondary N) is 1. The molecule has 0 radical (unpaired) electrons. The topological polar surface area (TPSA) is 92.8 Å². The number of carbonyl (C=O) groups is 2. The number of amides is 1. The molecule has 2 aromatic rings. The average molecular weight is 451 g/mol. The molecule has 1 N–H and O–H groups in total. The first-order valence-corrected chi connectivity index (χ1v) is 11.5. The Labute approximate surface area is 181 Å². The van der Waals surface area contributed by atoms with Crippen molar-refractivity contribution in [3.63, 3.8) is 0 Å². The Kier molecular flexibility index (Phi) is 7.12. The van der Waals surface area contributed by atoms with Gasteiger partial charge in [-0.25, -0.2) is 17.5 Å². The maximum atomic E-state index is 12.9. The van der Waals surface area contributed by atoms with Crippen molar-refractivity contribution in [2.75, 3.05) is 25.5 Å². The quantitative estimate of drug-likeness (QED) is 0.681. The minimum Gasteiger partial charge on any atom is -0.465 e. The molecule has 0 aliphatic carbocycles. The molecule has 9 heteroatoms. The first kappa shape index (κ1) is 22.3. The maximum absolute atomic E-state index is 12.9. The van der Waals surface area contributed by atoms with Crippen LogP contribution in [0.25, 0.3) is 0 Å². The molecule has 1 heterocycles. The Morgan fingerprint density at radius 1 is 1.17 bits per heavy atom. The van der Waals surface area contributed by atoms with Gasteiger partial charge in [-0.1, -0.05) is 41.9 Å². The largest absolute Gasteiger partial charge is 0.465 e. The van der Waals surface area contributed by atoms with Gasteiger partial charge < -0.3 is 10.1 Å². The number of sulfonamides is 1. The van der Waals surface area contributed by atoms with Gasteiger partial charge in [0, 0.05) is 18.1 Å². The lowest BCUT2D eigenvalue weighted by Gasteiger charge is -2.31. The number of ether oxygens (including phenoxy) is 1. The summed E-state index contributed by atoms with van der Waals surface area (Å²) in [5.41, 5.74) is 1.11. The van der Waals surface area contributed by atoms with Gasteiger partial charge >= 0.3 is 5.97 Å². The number of carbonyl (C=O) groups excluding carboxylic acids is 2. The van der Waals surface area contributed by atoms with Crippen molar-refractivity contribution in [1.29, 1.82) is 0 Å². The van der Waals surface area contributed by atoms with E-state index in [1.54, 1.807) is 48.5 Å². The van der Waals surface area contributed by atoms with E-state index in [2.05, 4.69) is 5.32 Å². The number of halogens is 1. The zero-order valence-corrected chi connectivity index (χ0v) is 18.1. The summed E-state index contributed by atoms with van der Waals surface area (Å²) in [7, 11) is -2.36. The SMILES string of the molecule is COC(=O)c1ccccc1NC(=O)C1CCCN(S(=O)(=O)Cc2ccccc2Cl)C1. The van der Waals surface area contributed by atoms with E-state index in [1.165, 1.54) is 11.4 Å². The first-order valence-electron chi connectivity index (χ1n) is 9.51. The summed E-state index contributed by atoms with van der Waals surface area (Å²) in [5.74, 6) is -1.63. The van der Waals surface area contributed by atoms with Crippen molar-refractivity contribution in [1.82, 2.24) is 4.31 Å². The fourth-order valence-electron chi connectivity index (χ4n) is 3.43. The second-order valence-electron chi connectivity index (χ2n) is 7.07. The lowest BCUT2D eigenvalue weighted by molar-refractivity contribution is -0.120. The zero-order valence-electron chi connectivity index (χ0n) is 16.5. The van der Waals surface area contributed by atoms with Crippen LogP contribution in [0.15, 0.2) is 48.5 Å². The van der Waals surface area contributed by atoms with E-state index in [0.29, 0.717) is 35.7 Å². The molecule has 1 atom stereocenters. The van der Waals surface area contributed by atoms with Crippen molar-refractivity contribution < 1.29 is 22.7 Å². The Morgan fingerprint density at radius 3 is 2.60 bits per heavy atom. The molecule has 1 amide bonds. The van der Waals surface area contributed by atoms with E-state index in [-0.39, 0.29) is 23.8 Å². The highest BCUT2D eigenvalue weighted by molar-refractivity contribution is 7.88. The summed E-state index contributed by atoms with van der Waals surface area (Å²) in [6.45, 7) is 0.439. The van der Waals surface area contributed by atoms with Gasteiger partial charge in [0.05, 0.1) is 30.0 Å². The molecule has 160 valence electrons. The van der Waals surface area contributed by atoms with E-state index in [9.17, 15) is 18.0 Å². The predicted octanol–water partition coefficient (Wildman–Crippen LogP) is 3.31. The molecule has 1 saturated heterocycles. The van der Waals surface area contributed by atoms with E-state index < -0.39 is 21.9 Å². The molecule has 1 aliphatic heterocycles. The van der Waals surface area contributed by atoms with Crippen molar-refractivity contribution in [2.45, 2.75) is 18.6 Å². The molecule has 0 spiro atoms. The first-order chi connectivity index (χ1) is 14.3. The number of piperidine rings is 1. The van der Waals surface area contributed by atoms with Gasteiger partial charge in [-0.15, -0.1) is 0 Å². The van der Waals surface area contributed by atoms with Crippen LogP contribution in [-0.4, -0.2) is 44.8 Å². The standard InChI is InChI=1S/C21H23ClN2O5S/c1-29-21(26)17-9-3-5-11-19(17)23-20(25)15-8-6-12-24(13-15)30(27,28)14-16-7-2-4-10-18(16)22/h2-5,7,9-11,15H,6,8,12-14H2,1H3,(H,23,25). The van der Waals surface area contributed by atoms with E-state index in [4.69, 9.17) is 16.3 Å². The summed E-state index contributed by atoms with van der Waals surface area (Å²) >= 11 is 6.11. The second kappa shape index (κ2) is 9.59. The third-order valence-corrected chi connectivity index (χ3v) is 7.20. The molecule has 0 saturated carbocycles. The number of benzene rings is 2. The molecular formula is C21H23ClN2O5S. The lowest BCUT2D eigenvalue weighted by Crippen LogP contribution is -2.44. The molecule has 1 fully saturated rings. The van der Waals surface area contributed by atoms with Gasteiger partial charge in [-0.2, -0.15) is 0 Å². The van der Waals surface area contributed by atoms with Crippen LogP contribution in [0.1, 0.15) is 28.8 Å². The van der Waals surface area contributed by atoms with Gasteiger partial charge in [0.25, 0.3) is 0 Å². The Balaban J connectivity index is 1.71. The van der Waals surface area contributed by atoms with Gasteiger partial charge in [-0.05, 0) is 36.6 Å². The fraction of sp³-hybridized carbons (Fsp3) is 0.333. The van der Waals surface area contributed by atoms with Crippen LogP contribution in [-0.2, 0) is 25.3 Å². The lowest BCUT2D eigenvalue weighted by atomic mass is 9.98. The number of hydrogen-bond acceptors (Lipinski definition) is 5. The maximum Gasteiger partial charge on any atom is 0.339 e. The highest BCUT2D eigenvalue weighted by atomic mass is 35.5. The predicted molar refractivity (Wildman–Crippen MR) is 115 cm³/mol. The molecule has 2 aromatic carbocycles. The number of esters is 1. The number of rotatable bonds is 6. The van der Waals surface area contributed by atoms with Gasteiger partial charge in [-0.3, -0.25) is 4.79 Å². The van der Waals surface area contributed by atoms with Crippen molar-refractivity contribution in [3.8, 4) is 0 Å². The average Bonchev–Trinajstić information content (AvgIpc) is 2.75. The Morgan fingerprint density at radius 2 is 1.87 bits per heavy atom.